The molecule has 11 nitrogen and oxygen atoms in total. The smallest absolute Gasteiger partial charge is 0.182 e. The summed E-state index contributed by atoms with van der Waals surface area (Å²) in [5.41, 5.74) is 5.14. The summed E-state index contributed by atoms with van der Waals surface area (Å²) in [4.78, 5) is 36.9. The molecule has 0 saturated carbocycles. The van der Waals surface area contributed by atoms with Gasteiger partial charge in [-0.05, 0) is 32.4 Å². The standard InChI is InChI=1S/C11H16N4.C7H6ClN3.C5H3ClN4/c1-3-4-5-12-10-9-6-8(2)15-11(9)14-7-13-10;1-4-2-5-6(8)9-3-10-7(5)11-4;6-4-3-5(9-1-7-3)10-2-8-4/h6-7H,3-5H2,1-2H3,(H2,12,13,14,15);2-3H,1H3,(H,9,10,11);1-2H,(H,7,8,9,10). The predicted octanol–water partition coefficient (Wildman–Crippen LogP) is 5.40. The third-order valence-electron chi connectivity index (χ3n) is 5.07. The van der Waals surface area contributed by atoms with Gasteiger partial charge in [-0.25, -0.2) is 34.9 Å². The highest BCUT2D eigenvalue weighted by Gasteiger charge is 2.05. The number of unbranched alkanes of at least 4 members (excludes halogenated alkanes) is 1. The zero-order chi connectivity index (χ0) is 25.5. The molecular weight excluding hydrogens is 501 g/mol. The summed E-state index contributed by atoms with van der Waals surface area (Å²) >= 11 is 11.5. The van der Waals surface area contributed by atoms with Gasteiger partial charge in [0.2, 0.25) is 0 Å². The summed E-state index contributed by atoms with van der Waals surface area (Å²) in [7, 11) is 0. The Balaban J connectivity index is 0.000000130. The summed E-state index contributed by atoms with van der Waals surface area (Å²) in [6, 6.07) is 4.00. The zero-order valence-electron chi connectivity index (χ0n) is 20.0. The molecule has 0 spiro atoms. The van der Waals surface area contributed by atoms with Crippen molar-refractivity contribution in [2.75, 3.05) is 11.9 Å². The Morgan fingerprint density at radius 3 is 2.11 bits per heavy atom. The van der Waals surface area contributed by atoms with Gasteiger partial charge >= 0.3 is 0 Å². The maximum Gasteiger partial charge on any atom is 0.182 e. The van der Waals surface area contributed by atoms with E-state index in [0.29, 0.717) is 21.5 Å². The van der Waals surface area contributed by atoms with E-state index in [-0.39, 0.29) is 0 Å². The fourth-order valence-corrected chi connectivity index (χ4v) is 3.74. The number of hydrogen-bond acceptors (Lipinski definition) is 8. The van der Waals surface area contributed by atoms with E-state index in [1.165, 1.54) is 25.4 Å². The lowest BCUT2D eigenvalue weighted by atomic mass is 10.3. The van der Waals surface area contributed by atoms with Crippen LogP contribution in [0.25, 0.3) is 33.2 Å². The molecule has 6 heterocycles. The number of H-pyrrole nitrogens is 3. The maximum absolute atomic E-state index is 5.80. The lowest BCUT2D eigenvalue weighted by Gasteiger charge is -2.04. The van der Waals surface area contributed by atoms with Crippen LogP contribution in [-0.2, 0) is 0 Å². The molecule has 0 aliphatic rings. The summed E-state index contributed by atoms with van der Waals surface area (Å²) in [5.74, 6) is 0.929. The molecule has 186 valence electrons. The SMILES string of the molecule is CCCCNc1ncnc2[nH]c(C)cc12.Cc1cc2c(Cl)ncnc2[nH]1.Clc1ncnc2nc[nH]c12. The van der Waals surface area contributed by atoms with Crippen LogP contribution < -0.4 is 5.32 Å². The van der Waals surface area contributed by atoms with Gasteiger partial charge < -0.3 is 20.3 Å². The Labute approximate surface area is 216 Å². The average Bonchev–Trinajstić information content (AvgIpc) is 3.58. The van der Waals surface area contributed by atoms with Crippen LogP contribution >= 0.6 is 23.2 Å². The molecule has 36 heavy (non-hydrogen) atoms. The van der Waals surface area contributed by atoms with Crippen molar-refractivity contribution in [2.24, 2.45) is 0 Å². The molecule has 0 amide bonds. The number of imidazole rings is 1. The Bertz CT molecular complexity index is 1570. The molecule has 0 bridgehead atoms. The van der Waals surface area contributed by atoms with E-state index in [9.17, 15) is 0 Å². The van der Waals surface area contributed by atoms with Crippen molar-refractivity contribution in [3.63, 3.8) is 0 Å². The molecule has 6 aromatic heterocycles. The molecule has 13 heteroatoms. The highest BCUT2D eigenvalue weighted by Crippen LogP contribution is 2.20. The molecule has 0 aliphatic heterocycles. The number of hydrogen-bond donors (Lipinski definition) is 4. The topological polar surface area (TPSA) is 150 Å². The largest absolute Gasteiger partial charge is 0.369 e. The van der Waals surface area contributed by atoms with Crippen molar-refractivity contribution < 1.29 is 0 Å². The van der Waals surface area contributed by atoms with E-state index < -0.39 is 0 Å². The van der Waals surface area contributed by atoms with Crippen LogP contribution in [0.15, 0.2) is 37.4 Å². The molecule has 0 atom stereocenters. The highest BCUT2D eigenvalue weighted by molar-refractivity contribution is 6.34. The van der Waals surface area contributed by atoms with Gasteiger partial charge in [0.15, 0.2) is 10.8 Å². The fourth-order valence-electron chi connectivity index (χ4n) is 3.37. The third kappa shape index (κ3) is 6.04. The second kappa shape index (κ2) is 11.7. The zero-order valence-corrected chi connectivity index (χ0v) is 21.5. The molecule has 0 aliphatic carbocycles. The molecule has 6 rings (SSSR count). The number of aromatic nitrogens is 10. The number of halogens is 2. The lowest BCUT2D eigenvalue weighted by molar-refractivity contribution is 0.831. The lowest BCUT2D eigenvalue weighted by Crippen LogP contribution is -2.03. The van der Waals surface area contributed by atoms with Gasteiger partial charge in [-0.3, -0.25) is 0 Å². The Kier molecular flexibility index (Phi) is 8.24. The van der Waals surface area contributed by atoms with Crippen molar-refractivity contribution in [3.05, 3.63) is 59.1 Å². The van der Waals surface area contributed by atoms with Gasteiger partial charge in [-0.15, -0.1) is 0 Å². The predicted molar refractivity (Wildman–Crippen MR) is 142 cm³/mol. The Morgan fingerprint density at radius 1 is 0.778 bits per heavy atom. The fraction of sp³-hybridized carbons (Fsp3) is 0.261. The number of fused-ring (bicyclic) bond motifs is 3. The average molecular weight is 526 g/mol. The quantitative estimate of drug-likeness (QED) is 0.176. The summed E-state index contributed by atoms with van der Waals surface area (Å²) < 4.78 is 0. The van der Waals surface area contributed by atoms with Crippen molar-refractivity contribution in [3.8, 4) is 0 Å². The Morgan fingerprint density at radius 2 is 1.42 bits per heavy atom. The van der Waals surface area contributed by atoms with Gasteiger partial charge in [0.1, 0.15) is 46.8 Å². The molecule has 4 N–H and O–H groups in total. The minimum atomic E-state index is 0.405. The number of anilines is 1. The van der Waals surface area contributed by atoms with Gasteiger partial charge in [0.05, 0.1) is 17.1 Å². The van der Waals surface area contributed by atoms with Gasteiger partial charge in [0, 0.05) is 17.9 Å². The van der Waals surface area contributed by atoms with E-state index >= 15 is 0 Å². The normalized spacial score (nSPS) is 10.7. The first-order chi connectivity index (χ1) is 17.5. The Hall–Kier alpha value is -3.83. The van der Waals surface area contributed by atoms with E-state index in [0.717, 1.165) is 52.2 Å². The van der Waals surface area contributed by atoms with E-state index in [1.54, 1.807) is 6.33 Å². The van der Waals surface area contributed by atoms with Crippen LogP contribution in [0.3, 0.4) is 0 Å². The maximum atomic E-state index is 5.80. The minimum Gasteiger partial charge on any atom is -0.369 e. The van der Waals surface area contributed by atoms with E-state index in [1.807, 2.05) is 19.9 Å². The van der Waals surface area contributed by atoms with E-state index in [2.05, 4.69) is 68.1 Å². The van der Waals surface area contributed by atoms with Crippen molar-refractivity contribution in [1.82, 2.24) is 49.8 Å². The summed E-state index contributed by atoms with van der Waals surface area (Å²) in [6.45, 7) is 7.13. The van der Waals surface area contributed by atoms with Gasteiger partial charge in [-0.2, -0.15) is 0 Å². The van der Waals surface area contributed by atoms with Crippen LogP contribution in [0.1, 0.15) is 31.2 Å². The first-order valence-electron chi connectivity index (χ1n) is 11.3. The van der Waals surface area contributed by atoms with Gasteiger partial charge in [0.25, 0.3) is 0 Å². The van der Waals surface area contributed by atoms with Crippen LogP contribution in [0, 0.1) is 13.8 Å². The minimum absolute atomic E-state index is 0.405. The summed E-state index contributed by atoms with van der Waals surface area (Å²) in [6.07, 6.45) is 8.30. The number of aromatic amines is 3. The van der Waals surface area contributed by atoms with Crippen LogP contribution in [0.2, 0.25) is 10.3 Å². The van der Waals surface area contributed by atoms with Gasteiger partial charge in [-0.1, -0.05) is 36.5 Å². The highest BCUT2D eigenvalue weighted by atomic mass is 35.5. The molecule has 0 fully saturated rings. The first kappa shape index (κ1) is 25.3. The molecule has 0 radical (unpaired) electrons. The molecule has 0 saturated heterocycles. The molecular formula is C23H25Cl2N11. The second-order valence-electron chi connectivity index (χ2n) is 7.86. The molecule has 0 unspecified atom stereocenters. The van der Waals surface area contributed by atoms with Crippen molar-refractivity contribution in [2.45, 2.75) is 33.6 Å². The number of rotatable bonds is 4. The summed E-state index contributed by atoms with van der Waals surface area (Å²) in [5, 5.41) is 6.19. The third-order valence-corrected chi connectivity index (χ3v) is 5.66. The number of aryl methyl sites for hydroxylation is 2. The van der Waals surface area contributed by atoms with Crippen LogP contribution in [-0.4, -0.2) is 56.4 Å². The van der Waals surface area contributed by atoms with Crippen molar-refractivity contribution >= 4 is 62.3 Å². The van der Waals surface area contributed by atoms with Crippen molar-refractivity contribution in [1.29, 1.82) is 0 Å². The van der Waals surface area contributed by atoms with Crippen LogP contribution in [0.4, 0.5) is 5.82 Å². The number of nitrogens with one attached hydrogen (secondary N) is 4. The number of nitrogens with zero attached hydrogens (tertiary/aromatic N) is 7. The molecule has 6 aromatic rings. The monoisotopic (exact) mass is 525 g/mol. The second-order valence-corrected chi connectivity index (χ2v) is 8.58. The molecule has 0 aromatic carbocycles. The van der Waals surface area contributed by atoms with Crippen LogP contribution in [0.5, 0.6) is 0 Å². The first-order valence-corrected chi connectivity index (χ1v) is 12.0. The van der Waals surface area contributed by atoms with E-state index in [4.69, 9.17) is 23.2 Å².